The van der Waals surface area contributed by atoms with Gasteiger partial charge in [0.1, 0.15) is 18.3 Å². The second kappa shape index (κ2) is 10.4. The standard InChI is InChI=1S/C9H17N2O15P3/c12-4-11-6(13)1-2-10-9-8(15)7(14)5(24-9)3-23-28(19,20)26-29(21,22)25-27(16,17)18/h2,4-5,7-9,14-15H,1,3H2,(H,19,20)(H,21,22)(H,11,12,13)(H2,16,17,18). The molecule has 0 aliphatic carbocycles. The molecule has 1 saturated heterocycles. The number of aliphatic hydroxyl groups excluding tert-OH is 2. The summed E-state index contributed by atoms with van der Waals surface area (Å²) in [6.07, 6.45) is -5.57. The normalized spacial score (nSPS) is 29.3. The van der Waals surface area contributed by atoms with Gasteiger partial charge in [0.05, 0.1) is 13.0 Å². The van der Waals surface area contributed by atoms with E-state index >= 15 is 0 Å². The molecule has 0 bridgehead atoms. The van der Waals surface area contributed by atoms with Gasteiger partial charge in [0.25, 0.3) is 0 Å². The number of nitrogens with one attached hydrogen (secondary N) is 1. The second-order valence-electron chi connectivity index (χ2n) is 5.15. The number of aliphatic hydroxyl groups is 2. The highest BCUT2D eigenvalue weighted by Crippen LogP contribution is 2.66. The van der Waals surface area contributed by atoms with Gasteiger partial charge in [-0.2, -0.15) is 8.62 Å². The molecular formula is C9H17N2O15P3. The lowest BCUT2D eigenvalue weighted by Gasteiger charge is -2.18. The van der Waals surface area contributed by atoms with Crippen LogP contribution < -0.4 is 5.32 Å². The third-order valence-electron chi connectivity index (χ3n) is 2.90. The molecule has 7 N–H and O–H groups in total. The van der Waals surface area contributed by atoms with Gasteiger partial charge in [-0.3, -0.25) is 24.4 Å². The third kappa shape index (κ3) is 9.63. The second-order valence-corrected chi connectivity index (χ2v) is 9.57. The lowest BCUT2D eigenvalue weighted by atomic mass is 10.1. The molecule has 1 aliphatic rings. The van der Waals surface area contributed by atoms with Gasteiger partial charge in [0.15, 0.2) is 6.23 Å². The van der Waals surface area contributed by atoms with E-state index in [0.717, 1.165) is 6.21 Å². The van der Waals surface area contributed by atoms with Gasteiger partial charge in [-0.15, -0.1) is 0 Å². The largest absolute Gasteiger partial charge is 0.490 e. The molecule has 0 spiro atoms. The third-order valence-corrected chi connectivity index (χ3v) is 6.71. The molecule has 1 aliphatic heterocycles. The summed E-state index contributed by atoms with van der Waals surface area (Å²) in [5, 5.41) is 21.4. The SMILES string of the molecule is O=CNC(=O)CC=NC1OC(COP(=O)(O)OP(=O)(O)OP(=O)(O)O)C(O)C1O. The number of aliphatic imine (C=N–C) groups is 1. The zero-order chi connectivity index (χ0) is 22.5. The van der Waals surface area contributed by atoms with E-state index in [1.807, 2.05) is 5.32 Å². The minimum absolute atomic E-state index is 0.139. The molecule has 0 aromatic carbocycles. The molecule has 0 aromatic rings. The number of hydrogen-bond donors (Lipinski definition) is 7. The quantitative estimate of drug-likeness (QED) is 0.0904. The lowest BCUT2D eigenvalue weighted by Crippen LogP contribution is -2.34. The number of rotatable bonds is 11. The Hall–Kier alpha value is -0.900. The smallest absolute Gasteiger partial charge is 0.387 e. The van der Waals surface area contributed by atoms with Gasteiger partial charge in [0, 0.05) is 6.21 Å². The first-order valence-corrected chi connectivity index (χ1v) is 11.7. The fourth-order valence-corrected chi connectivity index (χ4v) is 4.85. The summed E-state index contributed by atoms with van der Waals surface area (Å²) in [6, 6.07) is 0. The van der Waals surface area contributed by atoms with Gasteiger partial charge in [0.2, 0.25) is 12.3 Å². The van der Waals surface area contributed by atoms with Crippen LogP contribution in [0.1, 0.15) is 6.42 Å². The van der Waals surface area contributed by atoms with Gasteiger partial charge in [-0.05, 0) is 0 Å². The van der Waals surface area contributed by atoms with E-state index in [1.54, 1.807) is 0 Å². The van der Waals surface area contributed by atoms with E-state index in [1.165, 1.54) is 0 Å². The highest BCUT2D eigenvalue weighted by Gasteiger charge is 2.45. The number of carbonyl (C=O) groups is 2. The van der Waals surface area contributed by atoms with Crippen LogP contribution in [-0.4, -0.2) is 79.5 Å². The van der Waals surface area contributed by atoms with Crippen LogP contribution >= 0.6 is 23.5 Å². The van der Waals surface area contributed by atoms with Crippen molar-refractivity contribution >= 4 is 42.0 Å². The first-order chi connectivity index (χ1) is 13.2. The minimum Gasteiger partial charge on any atom is -0.387 e. The summed E-state index contributed by atoms with van der Waals surface area (Å²) >= 11 is 0. The van der Waals surface area contributed by atoms with Crippen molar-refractivity contribution in [3.8, 4) is 0 Å². The molecule has 6 atom stereocenters. The molecule has 0 saturated carbocycles. The predicted molar refractivity (Wildman–Crippen MR) is 87.8 cm³/mol. The Bertz CT molecular complexity index is 766. The summed E-state index contributed by atoms with van der Waals surface area (Å²) in [6.45, 7) is -1.00. The monoisotopic (exact) mass is 486 g/mol. The van der Waals surface area contributed by atoms with E-state index < -0.39 is 60.5 Å². The molecule has 2 amide bonds. The van der Waals surface area contributed by atoms with E-state index in [9.17, 15) is 38.4 Å². The average Bonchev–Trinajstić information content (AvgIpc) is 2.78. The van der Waals surface area contributed by atoms with Gasteiger partial charge in [-0.1, -0.05) is 0 Å². The van der Waals surface area contributed by atoms with Crippen molar-refractivity contribution in [3.63, 3.8) is 0 Å². The average molecular weight is 486 g/mol. The fraction of sp³-hybridized carbons (Fsp3) is 0.667. The summed E-state index contributed by atoms with van der Waals surface area (Å²) in [4.78, 5) is 59.9. The molecule has 0 radical (unpaired) electrons. The first-order valence-electron chi connectivity index (χ1n) is 7.20. The van der Waals surface area contributed by atoms with Crippen LogP contribution in [-0.2, 0) is 41.2 Å². The molecule has 1 fully saturated rings. The Morgan fingerprint density at radius 1 is 1.07 bits per heavy atom. The van der Waals surface area contributed by atoms with Crippen LogP contribution in [0.3, 0.4) is 0 Å². The van der Waals surface area contributed by atoms with Crippen molar-refractivity contribution in [1.82, 2.24) is 5.32 Å². The molecule has 1 heterocycles. The maximum absolute atomic E-state index is 11.6. The summed E-state index contributed by atoms with van der Waals surface area (Å²) in [5.74, 6) is -0.721. The molecule has 6 unspecified atom stereocenters. The van der Waals surface area contributed by atoms with Crippen molar-refractivity contribution in [2.45, 2.75) is 31.0 Å². The predicted octanol–water partition coefficient (Wildman–Crippen LogP) is -2.49. The number of phosphoric ester groups is 1. The highest BCUT2D eigenvalue weighted by molar-refractivity contribution is 7.66. The number of amides is 2. The lowest BCUT2D eigenvalue weighted by molar-refractivity contribution is -0.124. The van der Waals surface area contributed by atoms with Crippen molar-refractivity contribution in [2.75, 3.05) is 6.61 Å². The number of phosphoric acid groups is 3. The Balaban J connectivity index is 2.62. The molecule has 17 nitrogen and oxygen atoms in total. The fourth-order valence-electron chi connectivity index (χ4n) is 1.82. The van der Waals surface area contributed by atoms with E-state index in [0.29, 0.717) is 0 Å². The minimum atomic E-state index is -5.71. The summed E-state index contributed by atoms with van der Waals surface area (Å²) in [7, 11) is -16.7. The Morgan fingerprint density at radius 2 is 1.69 bits per heavy atom. The van der Waals surface area contributed by atoms with E-state index in [-0.39, 0.29) is 12.8 Å². The van der Waals surface area contributed by atoms with Crippen LogP contribution in [0.2, 0.25) is 0 Å². The van der Waals surface area contributed by atoms with Crippen molar-refractivity contribution in [1.29, 1.82) is 0 Å². The molecule has 168 valence electrons. The molecule has 20 heteroatoms. The number of carbonyl (C=O) groups excluding carboxylic acids is 2. The van der Waals surface area contributed by atoms with Crippen LogP contribution in [0.25, 0.3) is 0 Å². The van der Waals surface area contributed by atoms with Crippen molar-refractivity contribution < 1.29 is 71.0 Å². The van der Waals surface area contributed by atoms with Crippen LogP contribution in [0.4, 0.5) is 0 Å². The van der Waals surface area contributed by atoms with Crippen LogP contribution in [0, 0.1) is 0 Å². The molecular weight excluding hydrogens is 469 g/mol. The topological polar surface area (TPSA) is 268 Å². The van der Waals surface area contributed by atoms with E-state index in [4.69, 9.17) is 19.4 Å². The van der Waals surface area contributed by atoms with Crippen molar-refractivity contribution in [2.24, 2.45) is 4.99 Å². The zero-order valence-electron chi connectivity index (χ0n) is 14.0. The molecule has 29 heavy (non-hydrogen) atoms. The zero-order valence-corrected chi connectivity index (χ0v) is 16.7. The summed E-state index contributed by atoms with van der Waals surface area (Å²) < 4.78 is 49.6. The number of imide groups is 1. The Labute approximate surface area is 161 Å². The highest BCUT2D eigenvalue weighted by atomic mass is 31.3. The van der Waals surface area contributed by atoms with Gasteiger partial charge < -0.3 is 34.5 Å². The van der Waals surface area contributed by atoms with Crippen LogP contribution in [0.5, 0.6) is 0 Å². The van der Waals surface area contributed by atoms with Gasteiger partial charge in [-0.25, -0.2) is 13.7 Å². The van der Waals surface area contributed by atoms with E-state index in [2.05, 4.69) is 18.1 Å². The number of hydrogen-bond acceptors (Lipinski definition) is 12. The molecule has 1 rings (SSSR count). The number of nitrogens with zero attached hydrogens (tertiary/aromatic N) is 1. The van der Waals surface area contributed by atoms with Gasteiger partial charge >= 0.3 is 23.5 Å². The first kappa shape index (κ1) is 26.1. The van der Waals surface area contributed by atoms with Crippen molar-refractivity contribution in [3.05, 3.63) is 0 Å². The summed E-state index contributed by atoms with van der Waals surface area (Å²) in [5.41, 5.74) is 0. The maximum atomic E-state index is 11.6. The Morgan fingerprint density at radius 3 is 2.24 bits per heavy atom. The van der Waals surface area contributed by atoms with Crippen LogP contribution in [0.15, 0.2) is 4.99 Å². The molecule has 0 aromatic heterocycles. The number of ether oxygens (including phenoxy) is 1. The Kier molecular flexibility index (Phi) is 9.39. The maximum Gasteiger partial charge on any atom is 0.490 e.